The summed E-state index contributed by atoms with van der Waals surface area (Å²) in [6.07, 6.45) is 0. The second-order valence-corrected chi connectivity index (χ2v) is 5.26. The van der Waals surface area contributed by atoms with Gasteiger partial charge in [-0.2, -0.15) is 0 Å². The third-order valence-electron chi connectivity index (χ3n) is 3.70. The van der Waals surface area contributed by atoms with E-state index in [1.807, 2.05) is 24.9 Å². The van der Waals surface area contributed by atoms with Crippen LogP contribution in [0.15, 0.2) is 18.2 Å². The Morgan fingerprint density at radius 2 is 2.10 bits per heavy atom. The van der Waals surface area contributed by atoms with Gasteiger partial charge in [-0.05, 0) is 18.6 Å². The largest absolute Gasteiger partial charge is 0.368 e. The highest BCUT2D eigenvalue weighted by Crippen LogP contribution is 2.28. The quantitative estimate of drug-likeness (QED) is 0.648. The smallest absolute Gasteiger partial charge is 0.292 e. The molecule has 6 nitrogen and oxygen atoms in total. The fourth-order valence-corrected chi connectivity index (χ4v) is 2.44. The maximum Gasteiger partial charge on any atom is 0.292 e. The van der Waals surface area contributed by atoms with E-state index in [9.17, 15) is 10.1 Å². The maximum atomic E-state index is 11.1. The lowest BCUT2D eigenvalue weighted by atomic mass is 10.2. The predicted molar refractivity (Wildman–Crippen MR) is 80.4 cm³/mol. The molecule has 0 radical (unpaired) electrons. The summed E-state index contributed by atoms with van der Waals surface area (Å²) < 4.78 is 0. The van der Waals surface area contributed by atoms with Gasteiger partial charge in [0, 0.05) is 52.4 Å². The molecule has 0 unspecified atom stereocenters. The van der Waals surface area contributed by atoms with E-state index in [2.05, 4.69) is 10.2 Å². The number of benzene rings is 1. The SMILES string of the molecule is Cc1ccc([N+](=O)[O-])c(N(C)CCN2CCNCC2)c1. The summed E-state index contributed by atoms with van der Waals surface area (Å²) in [7, 11) is 1.92. The van der Waals surface area contributed by atoms with Crippen LogP contribution in [0.25, 0.3) is 0 Å². The minimum atomic E-state index is -0.309. The number of hydrogen-bond donors (Lipinski definition) is 1. The van der Waals surface area contributed by atoms with Crippen molar-refractivity contribution in [2.45, 2.75) is 6.92 Å². The van der Waals surface area contributed by atoms with Crippen LogP contribution in [0.4, 0.5) is 11.4 Å². The van der Waals surface area contributed by atoms with Crippen molar-refractivity contribution >= 4 is 11.4 Å². The maximum absolute atomic E-state index is 11.1. The zero-order valence-corrected chi connectivity index (χ0v) is 12.1. The van der Waals surface area contributed by atoms with Gasteiger partial charge < -0.3 is 10.2 Å². The molecule has 1 aliphatic rings. The van der Waals surface area contributed by atoms with Crippen molar-refractivity contribution in [1.29, 1.82) is 0 Å². The van der Waals surface area contributed by atoms with Gasteiger partial charge in [-0.3, -0.25) is 15.0 Å². The van der Waals surface area contributed by atoms with E-state index in [0.717, 1.165) is 44.8 Å². The molecule has 0 amide bonds. The monoisotopic (exact) mass is 278 g/mol. The second kappa shape index (κ2) is 6.67. The lowest BCUT2D eigenvalue weighted by Gasteiger charge is -2.29. The van der Waals surface area contributed by atoms with E-state index in [1.54, 1.807) is 12.1 Å². The van der Waals surface area contributed by atoms with E-state index in [4.69, 9.17) is 0 Å². The first kappa shape index (κ1) is 14.7. The van der Waals surface area contributed by atoms with Crippen LogP contribution in [0.3, 0.4) is 0 Å². The number of nitrogens with zero attached hydrogens (tertiary/aromatic N) is 3. The number of aryl methyl sites for hydroxylation is 1. The lowest BCUT2D eigenvalue weighted by molar-refractivity contribution is -0.384. The van der Waals surface area contributed by atoms with Gasteiger partial charge in [0.15, 0.2) is 0 Å². The van der Waals surface area contributed by atoms with E-state index in [-0.39, 0.29) is 10.6 Å². The van der Waals surface area contributed by atoms with Crippen LogP contribution in [0.2, 0.25) is 0 Å². The Morgan fingerprint density at radius 3 is 2.75 bits per heavy atom. The lowest BCUT2D eigenvalue weighted by Crippen LogP contribution is -2.46. The van der Waals surface area contributed by atoms with Gasteiger partial charge in [0.1, 0.15) is 5.69 Å². The number of piperazine rings is 1. The highest BCUT2D eigenvalue weighted by atomic mass is 16.6. The Hall–Kier alpha value is -1.66. The van der Waals surface area contributed by atoms with Gasteiger partial charge in [0.05, 0.1) is 4.92 Å². The third kappa shape index (κ3) is 3.68. The number of rotatable bonds is 5. The second-order valence-electron chi connectivity index (χ2n) is 5.26. The summed E-state index contributed by atoms with van der Waals surface area (Å²) >= 11 is 0. The van der Waals surface area contributed by atoms with Crippen molar-refractivity contribution in [3.05, 3.63) is 33.9 Å². The average Bonchev–Trinajstić information content (AvgIpc) is 2.45. The molecule has 6 heteroatoms. The summed E-state index contributed by atoms with van der Waals surface area (Å²) in [5, 5.41) is 14.4. The molecule has 0 atom stereocenters. The van der Waals surface area contributed by atoms with Crippen molar-refractivity contribution in [3.8, 4) is 0 Å². The zero-order chi connectivity index (χ0) is 14.5. The van der Waals surface area contributed by atoms with Gasteiger partial charge in [-0.25, -0.2) is 0 Å². The van der Waals surface area contributed by atoms with Gasteiger partial charge in [0.25, 0.3) is 5.69 Å². The molecule has 20 heavy (non-hydrogen) atoms. The van der Waals surface area contributed by atoms with E-state index in [1.165, 1.54) is 0 Å². The van der Waals surface area contributed by atoms with E-state index >= 15 is 0 Å². The first-order valence-electron chi connectivity index (χ1n) is 6.97. The fourth-order valence-electron chi connectivity index (χ4n) is 2.44. The number of nitro groups is 1. The van der Waals surface area contributed by atoms with E-state index in [0.29, 0.717) is 5.69 Å². The van der Waals surface area contributed by atoms with Crippen LogP contribution in [0.5, 0.6) is 0 Å². The molecule has 1 heterocycles. The minimum absolute atomic E-state index is 0.179. The van der Waals surface area contributed by atoms with Crippen LogP contribution >= 0.6 is 0 Å². The molecular weight excluding hydrogens is 256 g/mol. The van der Waals surface area contributed by atoms with Crippen LogP contribution in [0, 0.1) is 17.0 Å². The molecule has 1 aromatic carbocycles. The van der Waals surface area contributed by atoms with Crippen LogP contribution < -0.4 is 10.2 Å². The Balaban J connectivity index is 2.02. The highest BCUT2D eigenvalue weighted by Gasteiger charge is 2.18. The topological polar surface area (TPSA) is 61.7 Å². The predicted octanol–water partition coefficient (Wildman–Crippen LogP) is 1.24. The fraction of sp³-hybridized carbons (Fsp3) is 0.571. The molecule has 0 spiro atoms. The molecule has 0 aliphatic carbocycles. The standard InChI is InChI=1S/C14H22N4O2/c1-12-3-4-13(18(19)20)14(11-12)16(2)9-10-17-7-5-15-6-8-17/h3-4,11,15H,5-10H2,1-2H3. The Bertz CT molecular complexity index is 472. The zero-order valence-electron chi connectivity index (χ0n) is 12.1. The van der Waals surface area contributed by atoms with Gasteiger partial charge >= 0.3 is 0 Å². The minimum Gasteiger partial charge on any atom is -0.368 e. The third-order valence-corrected chi connectivity index (χ3v) is 3.70. The molecule has 1 fully saturated rings. The molecule has 1 N–H and O–H groups in total. The van der Waals surface area contributed by atoms with E-state index < -0.39 is 0 Å². The number of anilines is 1. The molecule has 1 aromatic rings. The van der Waals surface area contributed by atoms with Crippen molar-refractivity contribution in [3.63, 3.8) is 0 Å². The molecule has 0 bridgehead atoms. The summed E-state index contributed by atoms with van der Waals surface area (Å²) in [6.45, 7) is 7.82. The molecule has 1 aliphatic heterocycles. The van der Waals surface area contributed by atoms with Crippen molar-refractivity contribution in [1.82, 2.24) is 10.2 Å². The van der Waals surface area contributed by atoms with Crippen LogP contribution in [-0.4, -0.2) is 56.1 Å². The molecule has 0 aromatic heterocycles. The van der Waals surface area contributed by atoms with Crippen molar-refractivity contribution in [2.24, 2.45) is 0 Å². The Labute approximate surface area is 119 Å². The number of nitrogens with one attached hydrogen (secondary N) is 1. The Kier molecular flexibility index (Phi) is 4.92. The normalized spacial score (nSPS) is 16.1. The molecule has 2 rings (SSSR count). The first-order chi connectivity index (χ1) is 9.58. The van der Waals surface area contributed by atoms with Crippen molar-refractivity contribution < 1.29 is 4.92 Å². The highest BCUT2D eigenvalue weighted by molar-refractivity contribution is 5.64. The summed E-state index contributed by atoms with van der Waals surface area (Å²) in [5.74, 6) is 0. The van der Waals surface area contributed by atoms with Gasteiger partial charge in [-0.15, -0.1) is 0 Å². The van der Waals surface area contributed by atoms with Gasteiger partial charge in [-0.1, -0.05) is 6.07 Å². The first-order valence-corrected chi connectivity index (χ1v) is 6.97. The average molecular weight is 278 g/mol. The summed E-state index contributed by atoms with van der Waals surface area (Å²) in [5.41, 5.74) is 1.92. The van der Waals surface area contributed by atoms with Gasteiger partial charge in [0.2, 0.25) is 0 Å². The van der Waals surface area contributed by atoms with Crippen LogP contribution in [-0.2, 0) is 0 Å². The summed E-state index contributed by atoms with van der Waals surface area (Å²) in [4.78, 5) is 15.2. The molecular formula is C14H22N4O2. The number of hydrogen-bond acceptors (Lipinski definition) is 5. The Morgan fingerprint density at radius 1 is 1.40 bits per heavy atom. The molecule has 110 valence electrons. The van der Waals surface area contributed by atoms with Crippen molar-refractivity contribution in [2.75, 3.05) is 51.2 Å². The molecule has 0 saturated carbocycles. The summed E-state index contributed by atoms with van der Waals surface area (Å²) in [6, 6.07) is 5.26. The van der Waals surface area contributed by atoms with Crippen LogP contribution in [0.1, 0.15) is 5.56 Å². The molecule has 1 saturated heterocycles. The number of likely N-dealkylation sites (N-methyl/N-ethyl adjacent to an activating group) is 1. The number of nitro benzene ring substituents is 1.